The number of ether oxygens (including phenoxy) is 1. The van der Waals surface area contributed by atoms with Gasteiger partial charge in [-0.05, 0) is 46.9 Å². The van der Waals surface area contributed by atoms with Crippen molar-refractivity contribution in [2.45, 2.75) is 32.7 Å². The second-order valence-electron chi connectivity index (χ2n) is 8.65. The largest absolute Gasteiger partial charge is 0.460 e. The Morgan fingerprint density at radius 1 is 0.973 bits per heavy atom. The fourth-order valence-electron chi connectivity index (χ4n) is 4.31. The fraction of sp³-hybridized carbons (Fsp3) is 0.185. The zero-order valence-corrected chi connectivity index (χ0v) is 21.7. The number of carbonyl (C=O) groups is 2. The molecule has 4 aromatic rings. The van der Waals surface area contributed by atoms with Crippen molar-refractivity contribution in [3.05, 3.63) is 89.1 Å². The molecule has 0 bridgehead atoms. The summed E-state index contributed by atoms with van der Waals surface area (Å²) in [6.45, 7) is 2.72. The molecule has 37 heavy (non-hydrogen) atoms. The molecule has 1 unspecified atom stereocenters. The quantitative estimate of drug-likeness (QED) is 0.362. The standard InChI is InChI=1S/C27H25N5O3.2ClH/c1-16(28)26(34)35-15-20-8-4-5-9-21(20)17-10-11-23-22(12-17)24(31-27(29)30-23)25(33)32-13-18-6-2-3-7-19(18)14-32;;/h2-12,16H,13-15,28H2,1H3,(H2,29,30,31);2*1H. The first-order valence-electron chi connectivity index (χ1n) is 11.3. The summed E-state index contributed by atoms with van der Waals surface area (Å²) < 4.78 is 5.35. The molecular formula is C27H27Cl2N5O3. The number of anilines is 1. The molecule has 4 N–H and O–H groups in total. The SMILES string of the molecule is CC(N)C(=O)OCc1ccccc1-c1ccc2nc(N)nc(C(=O)N3Cc4ccccc4C3)c2c1.Cl.Cl. The van der Waals surface area contributed by atoms with Gasteiger partial charge in [0.05, 0.1) is 5.52 Å². The van der Waals surface area contributed by atoms with Gasteiger partial charge in [-0.25, -0.2) is 9.97 Å². The van der Waals surface area contributed by atoms with E-state index in [2.05, 4.69) is 9.97 Å². The van der Waals surface area contributed by atoms with E-state index in [-0.39, 0.29) is 49.0 Å². The summed E-state index contributed by atoms with van der Waals surface area (Å²) in [5, 5.41) is 0.611. The Bertz CT molecular complexity index is 1440. The van der Waals surface area contributed by atoms with Crippen LogP contribution in [0.15, 0.2) is 66.7 Å². The van der Waals surface area contributed by atoms with Gasteiger partial charge in [0.2, 0.25) is 5.95 Å². The number of rotatable bonds is 5. The number of hydrogen-bond acceptors (Lipinski definition) is 7. The molecule has 8 nitrogen and oxygen atoms in total. The second-order valence-corrected chi connectivity index (χ2v) is 8.65. The molecule has 1 aliphatic rings. The molecular weight excluding hydrogens is 513 g/mol. The summed E-state index contributed by atoms with van der Waals surface area (Å²) in [4.78, 5) is 35.9. The lowest BCUT2D eigenvalue weighted by Gasteiger charge is -2.17. The maximum Gasteiger partial charge on any atom is 0.322 e. The van der Waals surface area contributed by atoms with E-state index in [0.29, 0.717) is 24.0 Å². The van der Waals surface area contributed by atoms with Gasteiger partial charge in [-0.2, -0.15) is 0 Å². The van der Waals surface area contributed by atoms with Crippen LogP contribution >= 0.6 is 24.8 Å². The minimum Gasteiger partial charge on any atom is -0.460 e. The number of nitrogens with zero attached hydrogens (tertiary/aromatic N) is 3. The third-order valence-corrected chi connectivity index (χ3v) is 6.11. The van der Waals surface area contributed by atoms with E-state index in [4.69, 9.17) is 16.2 Å². The average Bonchev–Trinajstić information content (AvgIpc) is 3.30. The number of benzene rings is 3. The normalized spacial score (nSPS) is 12.8. The molecule has 0 fully saturated rings. The number of nitrogens with two attached hydrogens (primary N) is 2. The third kappa shape index (κ3) is 5.67. The van der Waals surface area contributed by atoms with E-state index >= 15 is 0 Å². The lowest BCUT2D eigenvalue weighted by molar-refractivity contribution is -0.146. The van der Waals surface area contributed by atoms with Crippen molar-refractivity contribution in [2.24, 2.45) is 5.73 Å². The van der Waals surface area contributed by atoms with Crippen LogP contribution in [0.4, 0.5) is 5.95 Å². The van der Waals surface area contributed by atoms with E-state index in [1.165, 1.54) is 0 Å². The topological polar surface area (TPSA) is 124 Å². The Morgan fingerprint density at radius 2 is 1.62 bits per heavy atom. The number of halogens is 2. The van der Waals surface area contributed by atoms with Gasteiger partial charge in [0.25, 0.3) is 5.91 Å². The number of fused-ring (bicyclic) bond motifs is 2. The van der Waals surface area contributed by atoms with E-state index in [0.717, 1.165) is 27.8 Å². The molecule has 5 rings (SSSR count). The highest BCUT2D eigenvalue weighted by molar-refractivity contribution is 6.06. The maximum absolute atomic E-state index is 13.5. The van der Waals surface area contributed by atoms with Crippen LogP contribution in [-0.4, -0.2) is 32.8 Å². The molecule has 0 aliphatic carbocycles. The predicted molar refractivity (Wildman–Crippen MR) is 147 cm³/mol. The highest BCUT2D eigenvalue weighted by Gasteiger charge is 2.27. The van der Waals surface area contributed by atoms with Crippen molar-refractivity contribution >= 4 is 53.5 Å². The average molecular weight is 540 g/mol. The first kappa shape index (κ1) is 27.9. The predicted octanol–water partition coefficient (Wildman–Crippen LogP) is 4.27. The van der Waals surface area contributed by atoms with Gasteiger partial charge in [-0.3, -0.25) is 9.59 Å². The number of nitrogen functional groups attached to an aromatic ring is 1. The zero-order chi connectivity index (χ0) is 24.5. The summed E-state index contributed by atoms with van der Waals surface area (Å²) in [7, 11) is 0. The minimum absolute atomic E-state index is 0. The lowest BCUT2D eigenvalue weighted by Crippen LogP contribution is -2.28. The third-order valence-electron chi connectivity index (χ3n) is 6.11. The molecule has 0 saturated heterocycles. The van der Waals surface area contributed by atoms with Crippen molar-refractivity contribution in [1.82, 2.24) is 14.9 Å². The van der Waals surface area contributed by atoms with Gasteiger partial charge < -0.3 is 21.1 Å². The molecule has 0 radical (unpaired) electrons. The van der Waals surface area contributed by atoms with Crippen LogP contribution in [0.2, 0.25) is 0 Å². The minimum atomic E-state index is -0.698. The van der Waals surface area contributed by atoms with Crippen molar-refractivity contribution < 1.29 is 14.3 Å². The van der Waals surface area contributed by atoms with Gasteiger partial charge in [-0.1, -0.05) is 54.6 Å². The molecule has 3 aromatic carbocycles. The summed E-state index contributed by atoms with van der Waals surface area (Å²) in [6.07, 6.45) is 0. The van der Waals surface area contributed by atoms with E-state index in [1.807, 2.05) is 66.7 Å². The number of carbonyl (C=O) groups excluding carboxylic acids is 2. The van der Waals surface area contributed by atoms with Crippen molar-refractivity contribution in [3.63, 3.8) is 0 Å². The Kier molecular flexibility index (Phi) is 8.70. The Hall–Kier alpha value is -3.72. The highest BCUT2D eigenvalue weighted by atomic mass is 35.5. The molecule has 1 amide bonds. The summed E-state index contributed by atoms with van der Waals surface area (Å²) >= 11 is 0. The summed E-state index contributed by atoms with van der Waals surface area (Å²) in [6, 6.07) is 20.5. The molecule has 0 saturated carbocycles. The van der Waals surface area contributed by atoms with Crippen LogP contribution in [0.3, 0.4) is 0 Å². The van der Waals surface area contributed by atoms with Gasteiger partial charge >= 0.3 is 5.97 Å². The van der Waals surface area contributed by atoms with Crippen molar-refractivity contribution in [1.29, 1.82) is 0 Å². The van der Waals surface area contributed by atoms with E-state index in [9.17, 15) is 9.59 Å². The molecule has 1 aliphatic heterocycles. The smallest absolute Gasteiger partial charge is 0.322 e. The number of amides is 1. The van der Waals surface area contributed by atoms with Crippen LogP contribution < -0.4 is 11.5 Å². The monoisotopic (exact) mass is 539 g/mol. The van der Waals surface area contributed by atoms with Gasteiger partial charge in [0.1, 0.15) is 18.3 Å². The maximum atomic E-state index is 13.5. The fourth-order valence-corrected chi connectivity index (χ4v) is 4.31. The number of aromatic nitrogens is 2. The van der Waals surface area contributed by atoms with Crippen LogP contribution in [0.1, 0.15) is 34.1 Å². The van der Waals surface area contributed by atoms with Crippen LogP contribution in [0, 0.1) is 0 Å². The van der Waals surface area contributed by atoms with E-state index in [1.54, 1.807) is 11.8 Å². The van der Waals surface area contributed by atoms with Crippen molar-refractivity contribution in [2.75, 3.05) is 5.73 Å². The highest BCUT2D eigenvalue weighted by Crippen LogP contribution is 2.31. The Morgan fingerprint density at radius 3 is 2.30 bits per heavy atom. The molecule has 1 aromatic heterocycles. The molecule has 10 heteroatoms. The number of esters is 1. The first-order chi connectivity index (χ1) is 16.9. The molecule has 2 heterocycles. The summed E-state index contributed by atoms with van der Waals surface area (Å²) in [5.74, 6) is -0.619. The van der Waals surface area contributed by atoms with Crippen LogP contribution in [-0.2, 0) is 29.2 Å². The molecule has 1 atom stereocenters. The van der Waals surface area contributed by atoms with Gasteiger partial charge in [0, 0.05) is 18.5 Å². The number of hydrogen-bond donors (Lipinski definition) is 2. The summed E-state index contributed by atoms with van der Waals surface area (Å²) in [5.41, 5.74) is 17.2. The first-order valence-corrected chi connectivity index (χ1v) is 11.3. The van der Waals surface area contributed by atoms with Crippen LogP contribution in [0.5, 0.6) is 0 Å². The second kappa shape index (κ2) is 11.6. The Balaban J connectivity index is 0.00000190. The van der Waals surface area contributed by atoms with E-state index < -0.39 is 12.0 Å². The van der Waals surface area contributed by atoms with Crippen LogP contribution in [0.25, 0.3) is 22.0 Å². The molecule has 0 spiro atoms. The zero-order valence-electron chi connectivity index (χ0n) is 20.1. The van der Waals surface area contributed by atoms with Crippen molar-refractivity contribution in [3.8, 4) is 11.1 Å². The Labute approximate surface area is 226 Å². The van der Waals surface area contributed by atoms with Gasteiger partial charge in [-0.15, -0.1) is 24.8 Å². The lowest BCUT2D eigenvalue weighted by atomic mass is 9.98. The van der Waals surface area contributed by atoms with Gasteiger partial charge in [0.15, 0.2) is 0 Å². The molecule has 192 valence electrons.